The number of hydrogen-bond donors (Lipinski definition) is 0. The Morgan fingerprint density at radius 3 is 2.20 bits per heavy atom. The second-order valence-electron chi connectivity index (χ2n) is 13.9. The number of nitrogens with zero attached hydrogens (tertiary/aromatic N) is 3. The minimum atomic E-state index is 0. The zero-order valence-electron chi connectivity index (χ0n) is 29.5. The average molecular weight is 830 g/mol. The van der Waals surface area contributed by atoms with Crippen LogP contribution in [0.3, 0.4) is 0 Å². The van der Waals surface area contributed by atoms with Crippen molar-refractivity contribution in [2.45, 2.75) is 53.9 Å². The molecule has 50 heavy (non-hydrogen) atoms. The van der Waals surface area contributed by atoms with Crippen LogP contribution in [0.5, 0.6) is 0 Å². The number of aromatic nitrogens is 3. The van der Waals surface area contributed by atoms with Crippen molar-refractivity contribution in [3.63, 3.8) is 0 Å². The van der Waals surface area contributed by atoms with E-state index in [2.05, 4.69) is 136 Å². The third-order valence-electron chi connectivity index (χ3n) is 9.35. The number of rotatable bonds is 3. The van der Waals surface area contributed by atoms with Crippen LogP contribution in [0, 0.1) is 39.8 Å². The van der Waals surface area contributed by atoms with E-state index in [1.165, 1.54) is 44.2 Å². The zero-order valence-corrected chi connectivity index (χ0v) is 31.9. The van der Waals surface area contributed by atoms with E-state index < -0.39 is 0 Å². The molecule has 0 N–H and O–H groups in total. The van der Waals surface area contributed by atoms with Crippen LogP contribution in [0.1, 0.15) is 48.6 Å². The van der Waals surface area contributed by atoms with Crippen LogP contribution < -0.4 is 0 Å². The van der Waals surface area contributed by atoms with Crippen molar-refractivity contribution < 1.29 is 24.5 Å². The number of furan rings is 1. The summed E-state index contributed by atoms with van der Waals surface area (Å²) < 4.78 is 5.67. The topological polar surface area (TPSA) is 51.8 Å². The van der Waals surface area contributed by atoms with Crippen LogP contribution in [0.15, 0.2) is 114 Å². The van der Waals surface area contributed by atoms with Gasteiger partial charge in [0, 0.05) is 56.2 Å². The van der Waals surface area contributed by atoms with Gasteiger partial charge >= 0.3 is 0 Å². The van der Waals surface area contributed by atoms with Gasteiger partial charge in [0.05, 0.1) is 5.58 Å². The first kappa shape index (κ1) is 34.9. The summed E-state index contributed by atoms with van der Waals surface area (Å²) >= 11 is 0. The molecule has 4 heterocycles. The van der Waals surface area contributed by atoms with Crippen molar-refractivity contribution in [2.75, 3.05) is 0 Å². The number of pyridine rings is 3. The summed E-state index contributed by atoms with van der Waals surface area (Å²) in [6.45, 7) is 15.2. The molecule has 0 aliphatic heterocycles. The maximum atomic E-state index is 5.67. The first-order valence-electron chi connectivity index (χ1n) is 16.7. The second kappa shape index (κ2) is 14.1. The maximum Gasteiger partial charge on any atom is 0.0847 e. The number of aryl methyl sites for hydroxylation is 4. The van der Waals surface area contributed by atoms with Gasteiger partial charge in [-0.15, -0.1) is 41.0 Å². The van der Waals surface area contributed by atoms with Crippen molar-refractivity contribution in [1.29, 1.82) is 0 Å². The number of benzene rings is 4. The van der Waals surface area contributed by atoms with E-state index in [1.54, 1.807) is 12.5 Å². The number of fused-ring (bicyclic) bond motifs is 4. The Kier molecular flexibility index (Phi) is 9.84. The molecule has 0 spiro atoms. The Labute approximate surface area is 308 Å². The fraction of sp³-hybridized carbons (Fsp3) is 0.178. The van der Waals surface area contributed by atoms with Gasteiger partial charge in [0.1, 0.15) is 0 Å². The van der Waals surface area contributed by atoms with Crippen LogP contribution >= 0.6 is 0 Å². The molecule has 8 aromatic rings. The van der Waals surface area contributed by atoms with Gasteiger partial charge in [-0.3, -0.25) is 9.97 Å². The third-order valence-corrected chi connectivity index (χ3v) is 9.35. The average Bonchev–Trinajstić information content (AvgIpc) is 3.59. The van der Waals surface area contributed by atoms with Crippen molar-refractivity contribution in [2.24, 2.45) is 0 Å². The first-order chi connectivity index (χ1) is 23.5. The van der Waals surface area contributed by atoms with E-state index in [0.29, 0.717) is 0 Å². The standard InChI is InChI=1S/C30H23N2O.C15H16N.Ir/c1-30(2,3)24-9-8-20-15-19(6-7-21(20)16-24)22-10-13-31-27(18-22)26-17-23-11-14-33-29(23)28-25(26)5-4-12-32-28;1-10-5-6-14(7-11(10)2)15-8-12(3)13(4)9-16-15;/h4-16,18H,1-3H3;5,7-9H,1-4H3;/q2*-1;. The van der Waals surface area contributed by atoms with Crippen LogP contribution in [0.4, 0.5) is 0 Å². The summed E-state index contributed by atoms with van der Waals surface area (Å²) in [5, 5.41) is 4.39. The molecular weight excluding hydrogens is 791 g/mol. The molecule has 0 saturated heterocycles. The predicted molar refractivity (Wildman–Crippen MR) is 203 cm³/mol. The molecule has 4 aromatic carbocycles. The minimum absolute atomic E-state index is 0. The summed E-state index contributed by atoms with van der Waals surface area (Å²) in [7, 11) is 0. The van der Waals surface area contributed by atoms with E-state index in [1.807, 2.05) is 36.7 Å². The second-order valence-corrected chi connectivity index (χ2v) is 13.9. The Balaban J connectivity index is 0.000000215. The maximum absolute atomic E-state index is 5.67. The van der Waals surface area contributed by atoms with Gasteiger partial charge < -0.3 is 9.40 Å². The van der Waals surface area contributed by atoms with Crippen LogP contribution in [-0.2, 0) is 25.5 Å². The molecule has 8 rings (SSSR count). The molecule has 4 aromatic heterocycles. The molecule has 1 radical (unpaired) electrons. The molecule has 0 saturated carbocycles. The van der Waals surface area contributed by atoms with E-state index >= 15 is 0 Å². The monoisotopic (exact) mass is 830 g/mol. The molecule has 0 aliphatic carbocycles. The number of hydrogen-bond acceptors (Lipinski definition) is 4. The van der Waals surface area contributed by atoms with E-state index in [-0.39, 0.29) is 25.5 Å². The molecular formula is C45H39IrN3O-2. The van der Waals surface area contributed by atoms with Gasteiger partial charge in [0.25, 0.3) is 0 Å². The summed E-state index contributed by atoms with van der Waals surface area (Å²) in [5.74, 6) is 0. The van der Waals surface area contributed by atoms with Gasteiger partial charge in [-0.05, 0) is 70.1 Å². The van der Waals surface area contributed by atoms with Gasteiger partial charge in [-0.25, -0.2) is 0 Å². The van der Waals surface area contributed by atoms with Gasteiger partial charge in [0.2, 0.25) is 0 Å². The van der Waals surface area contributed by atoms with Gasteiger partial charge in [0.15, 0.2) is 0 Å². The molecule has 0 fully saturated rings. The summed E-state index contributed by atoms with van der Waals surface area (Å²) in [6, 6.07) is 36.6. The molecule has 0 bridgehead atoms. The molecule has 0 aliphatic rings. The SMILES string of the molecule is CC(C)(C)c1ccc2cc(-c3ccnc(-c4[c-]c5ccoc5c5ncccc45)c3)ccc2c1.Cc1c[c-]c(-c2cc(C)c(C)cn2)cc1C.[Ir]. The molecule has 251 valence electrons. The van der Waals surface area contributed by atoms with Crippen molar-refractivity contribution >= 4 is 32.6 Å². The van der Waals surface area contributed by atoms with Crippen LogP contribution in [0.2, 0.25) is 0 Å². The Bertz CT molecular complexity index is 2440. The van der Waals surface area contributed by atoms with E-state index in [9.17, 15) is 0 Å². The summed E-state index contributed by atoms with van der Waals surface area (Å²) in [4.78, 5) is 13.7. The van der Waals surface area contributed by atoms with Crippen LogP contribution in [-0.4, -0.2) is 15.0 Å². The zero-order chi connectivity index (χ0) is 34.3. The molecule has 0 unspecified atom stereocenters. The summed E-state index contributed by atoms with van der Waals surface area (Å²) in [5.41, 5.74) is 14.3. The molecule has 4 nitrogen and oxygen atoms in total. The molecule has 0 amide bonds. The molecule has 5 heteroatoms. The van der Waals surface area contributed by atoms with Gasteiger partial charge in [-0.1, -0.05) is 117 Å². The molecule has 0 atom stereocenters. The largest absolute Gasteiger partial charge is 0.506 e. The van der Waals surface area contributed by atoms with E-state index in [4.69, 9.17) is 4.42 Å². The first-order valence-corrected chi connectivity index (χ1v) is 16.7. The fourth-order valence-electron chi connectivity index (χ4n) is 6.01. The quantitative estimate of drug-likeness (QED) is 0.166. The van der Waals surface area contributed by atoms with Crippen molar-refractivity contribution in [3.05, 3.63) is 150 Å². The summed E-state index contributed by atoms with van der Waals surface area (Å²) in [6.07, 6.45) is 7.27. The Morgan fingerprint density at radius 1 is 0.660 bits per heavy atom. The minimum Gasteiger partial charge on any atom is -0.506 e. The van der Waals surface area contributed by atoms with Crippen molar-refractivity contribution in [1.82, 2.24) is 15.0 Å². The normalized spacial score (nSPS) is 11.3. The Morgan fingerprint density at radius 2 is 1.42 bits per heavy atom. The van der Waals surface area contributed by atoms with E-state index in [0.717, 1.165) is 50.0 Å². The fourth-order valence-corrected chi connectivity index (χ4v) is 6.01. The van der Waals surface area contributed by atoms with Crippen LogP contribution in [0.25, 0.3) is 66.3 Å². The van der Waals surface area contributed by atoms with Crippen molar-refractivity contribution in [3.8, 4) is 33.6 Å². The Hall–Kier alpha value is -4.96. The predicted octanol–water partition coefficient (Wildman–Crippen LogP) is 11.7. The van der Waals surface area contributed by atoms with Gasteiger partial charge in [-0.2, -0.15) is 0 Å². The third kappa shape index (κ3) is 7.03. The smallest absolute Gasteiger partial charge is 0.0847 e.